The number of fused-ring (bicyclic) bond motifs is 1. The number of urea groups is 1. The molecule has 14 heteroatoms. The summed E-state index contributed by atoms with van der Waals surface area (Å²) in [7, 11) is 4.83. The number of hydrogen-bond donors (Lipinski definition) is 2. The van der Waals surface area contributed by atoms with E-state index in [1.807, 2.05) is 24.1 Å². The van der Waals surface area contributed by atoms with Gasteiger partial charge in [-0.2, -0.15) is 0 Å². The van der Waals surface area contributed by atoms with Crippen LogP contribution in [0.25, 0.3) is 21.9 Å². The molecule has 3 saturated heterocycles. The van der Waals surface area contributed by atoms with Crippen molar-refractivity contribution in [3.63, 3.8) is 0 Å². The number of carbonyl (C=O) groups is 4. The number of likely N-dealkylation sites (tertiary alicyclic amines) is 2. The fraction of sp³-hybridized carbons (Fsp3) is 0.400. The molecule has 0 radical (unpaired) electrons. The second-order valence-corrected chi connectivity index (χ2v) is 14.4. The predicted molar refractivity (Wildman–Crippen MR) is 201 cm³/mol. The van der Waals surface area contributed by atoms with Gasteiger partial charge in [-0.05, 0) is 84.9 Å². The molecule has 1 atom stereocenters. The third-order valence-electron chi connectivity index (χ3n) is 11.1. The molecule has 3 fully saturated rings. The summed E-state index contributed by atoms with van der Waals surface area (Å²) in [5, 5.41) is 6.60. The Morgan fingerprint density at radius 1 is 0.944 bits per heavy atom. The van der Waals surface area contributed by atoms with Crippen LogP contribution in [0.15, 0.2) is 65.8 Å². The number of aromatic nitrogens is 2. The number of methoxy groups -OCH3 is 1. The number of aryl methyl sites for hydroxylation is 1. The van der Waals surface area contributed by atoms with Gasteiger partial charge in [0.25, 0.3) is 11.5 Å². The molecule has 0 bridgehead atoms. The summed E-state index contributed by atoms with van der Waals surface area (Å²) in [4.78, 5) is 72.9. The number of piperidine rings is 3. The van der Waals surface area contributed by atoms with Crippen LogP contribution in [0, 0.1) is 5.82 Å². The zero-order valence-electron chi connectivity index (χ0n) is 30.6. The fourth-order valence-electron chi connectivity index (χ4n) is 7.93. The smallest absolute Gasteiger partial charge is 0.319 e. The van der Waals surface area contributed by atoms with Crippen molar-refractivity contribution in [2.75, 3.05) is 45.7 Å². The van der Waals surface area contributed by atoms with Crippen molar-refractivity contribution in [2.24, 2.45) is 7.05 Å². The van der Waals surface area contributed by atoms with E-state index in [2.05, 4.69) is 27.8 Å². The van der Waals surface area contributed by atoms with Crippen LogP contribution in [0.4, 0.5) is 14.9 Å². The average molecular weight is 738 g/mol. The normalized spacial score (nSPS) is 18.4. The quantitative estimate of drug-likeness (QED) is 0.264. The van der Waals surface area contributed by atoms with E-state index in [4.69, 9.17) is 4.74 Å². The number of benzene rings is 2. The van der Waals surface area contributed by atoms with Gasteiger partial charge in [0.2, 0.25) is 11.8 Å². The lowest BCUT2D eigenvalue weighted by molar-refractivity contribution is -0.133. The molecule has 1 unspecified atom stereocenters. The molecule has 0 spiro atoms. The van der Waals surface area contributed by atoms with Crippen LogP contribution in [0.1, 0.15) is 60.4 Å². The number of imide groups is 1. The summed E-state index contributed by atoms with van der Waals surface area (Å²) < 4.78 is 22.8. The summed E-state index contributed by atoms with van der Waals surface area (Å²) in [5.41, 5.74) is 2.71. The summed E-state index contributed by atoms with van der Waals surface area (Å²) in [6, 6.07) is 12.1. The van der Waals surface area contributed by atoms with Gasteiger partial charge in [-0.15, -0.1) is 0 Å². The fourth-order valence-corrected chi connectivity index (χ4v) is 7.93. The summed E-state index contributed by atoms with van der Waals surface area (Å²) >= 11 is 0. The van der Waals surface area contributed by atoms with Gasteiger partial charge in [0.15, 0.2) is 0 Å². The minimum atomic E-state index is -0.719. The highest BCUT2D eigenvalue weighted by Crippen LogP contribution is 2.35. The Kier molecular flexibility index (Phi) is 10.3. The zero-order chi connectivity index (χ0) is 38.1. The van der Waals surface area contributed by atoms with Gasteiger partial charge in [-0.3, -0.25) is 29.5 Å². The number of hydrogen-bond acceptors (Lipinski definition) is 8. The van der Waals surface area contributed by atoms with E-state index in [1.165, 1.54) is 29.5 Å². The first-order valence-electron chi connectivity index (χ1n) is 18.3. The van der Waals surface area contributed by atoms with Crippen molar-refractivity contribution >= 4 is 40.2 Å². The summed E-state index contributed by atoms with van der Waals surface area (Å²) in [6.45, 7) is 1.98. The number of ether oxygens (including phenoxy) is 1. The van der Waals surface area contributed by atoms with E-state index in [9.17, 15) is 24.0 Å². The molecule has 0 aliphatic carbocycles. The third kappa shape index (κ3) is 7.24. The zero-order valence-corrected chi connectivity index (χ0v) is 30.6. The lowest BCUT2D eigenvalue weighted by Gasteiger charge is -2.40. The molecule has 3 aliphatic heterocycles. The highest BCUT2D eigenvalue weighted by molar-refractivity contribution is 6.02. The van der Waals surface area contributed by atoms with Gasteiger partial charge in [-0.1, -0.05) is 12.1 Å². The molecule has 54 heavy (non-hydrogen) atoms. The monoisotopic (exact) mass is 737 g/mol. The molecule has 5 amide bonds. The standard InChI is InChI=1S/C40H44FN7O6/c1-45-23-31(29-10-15-42-22-30(29)38(45)51)26-20-32(41)36(34(21-26)54-3)39(52)47-18-13-28(14-19-47)46(2)40(53)48-16-11-25(12-17-48)24-4-6-27(7-5-24)43-33-8-9-35(49)44-37(33)50/h4-7,10,15,20-23,25,28,33,43H,8-9,11-14,16-19H2,1-3H3,(H,44,49,50). The van der Waals surface area contributed by atoms with E-state index in [1.54, 1.807) is 41.4 Å². The molecular weight excluding hydrogens is 693 g/mol. The number of rotatable bonds is 7. The number of nitrogens with one attached hydrogen (secondary N) is 2. The Labute approximate surface area is 312 Å². The lowest BCUT2D eigenvalue weighted by Crippen LogP contribution is -2.52. The molecule has 7 rings (SSSR count). The molecule has 0 saturated carbocycles. The van der Waals surface area contributed by atoms with Crippen molar-refractivity contribution in [2.45, 2.75) is 56.5 Å². The minimum absolute atomic E-state index is 0.0352. The second-order valence-electron chi connectivity index (χ2n) is 14.4. The van der Waals surface area contributed by atoms with Crippen LogP contribution in [0.3, 0.4) is 0 Å². The first-order valence-corrected chi connectivity index (χ1v) is 18.3. The Bertz CT molecular complexity index is 2160. The number of halogens is 1. The Balaban J connectivity index is 0.933. The molecule has 13 nitrogen and oxygen atoms in total. The van der Waals surface area contributed by atoms with E-state index < -0.39 is 17.8 Å². The molecule has 5 heterocycles. The molecular formula is C40H44FN7O6. The molecule has 2 N–H and O–H groups in total. The molecule has 2 aromatic carbocycles. The molecule has 3 aliphatic rings. The highest BCUT2D eigenvalue weighted by Gasteiger charge is 2.34. The highest BCUT2D eigenvalue weighted by atomic mass is 19.1. The maximum Gasteiger partial charge on any atom is 0.319 e. The largest absolute Gasteiger partial charge is 0.496 e. The van der Waals surface area contributed by atoms with Gasteiger partial charge in [0, 0.05) is 82.6 Å². The van der Waals surface area contributed by atoms with E-state index in [-0.39, 0.29) is 40.8 Å². The number of carbonyl (C=O) groups excluding carboxylic acids is 4. The summed E-state index contributed by atoms with van der Waals surface area (Å²) in [6.07, 6.45) is 8.25. The van der Waals surface area contributed by atoms with Crippen molar-refractivity contribution in [1.82, 2.24) is 29.6 Å². The number of amides is 5. The first kappa shape index (κ1) is 36.6. The van der Waals surface area contributed by atoms with Gasteiger partial charge in [-0.25, -0.2) is 9.18 Å². The van der Waals surface area contributed by atoms with Crippen LogP contribution < -0.4 is 20.9 Å². The van der Waals surface area contributed by atoms with Crippen molar-refractivity contribution < 1.29 is 28.3 Å². The van der Waals surface area contributed by atoms with Crippen LogP contribution in [-0.4, -0.2) is 100 Å². The van der Waals surface area contributed by atoms with Crippen LogP contribution in [-0.2, 0) is 16.6 Å². The Morgan fingerprint density at radius 3 is 2.33 bits per heavy atom. The second kappa shape index (κ2) is 15.3. The molecule has 4 aromatic rings. The minimum Gasteiger partial charge on any atom is -0.496 e. The van der Waals surface area contributed by atoms with Gasteiger partial charge < -0.3 is 29.3 Å². The van der Waals surface area contributed by atoms with Gasteiger partial charge >= 0.3 is 6.03 Å². The first-order chi connectivity index (χ1) is 26.0. The van der Waals surface area contributed by atoms with E-state index in [0.29, 0.717) is 79.7 Å². The van der Waals surface area contributed by atoms with Crippen LogP contribution in [0.2, 0.25) is 0 Å². The topological polar surface area (TPSA) is 146 Å². The number of nitrogens with zero attached hydrogens (tertiary/aromatic N) is 5. The van der Waals surface area contributed by atoms with Crippen molar-refractivity contribution in [3.05, 3.63) is 88.4 Å². The van der Waals surface area contributed by atoms with Crippen molar-refractivity contribution in [3.8, 4) is 16.9 Å². The SMILES string of the molecule is COc1cc(-c2cn(C)c(=O)c3cnccc23)cc(F)c1C(=O)N1CCC(N(C)C(=O)N2CCC(c3ccc(NC4CCC(=O)NC4=O)cc3)CC2)CC1. The van der Waals surface area contributed by atoms with E-state index in [0.717, 1.165) is 18.5 Å². The predicted octanol–water partition coefficient (Wildman–Crippen LogP) is 4.50. The van der Waals surface area contributed by atoms with Crippen molar-refractivity contribution in [1.29, 1.82) is 0 Å². The lowest BCUT2D eigenvalue weighted by atomic mass is 9.89. The van der Waals surface area contributed by atoms with E-state index >= 15 is 4.39 Å². The van der Waals surface area contributed by atoms with Crippen LogP contribution in [0.5, 0.6) is 5.75 Å². The average Bonchev–Trinajstić information content (AvgIpc) is 3.19. The maximum atomic E-state index is 15.9. The molecule has 282 valence electrons. The Morgan fingerprint density at radius 2 is 1.65 bits per heavy atom. The van der Waals surface area contributed by atoms with Gasteiger partial charge in [0.05, 0.1) is 12.5 Å². The summed E-state index contributed by atoms with van der Waals surface area (Å²) in [5.74, 6) is -1.33. The van der Waals surface area contributed by atoms with Crippen LogP contribution >= 0.6 is 0 Å². The number of anilines is 1. The number of pyridine rings is 2. The maximum absolute atomic E-state index is 15.9. The van der Waals surface area contributed by atoms with Gasteiger partial charge in [0.1, 0.15) is 23.2 Å². The third-order valence-corrected chi connectivity index (χ3v) is 11.1. The Hall–Kier alpha value is -5.79. The molecule has 2 aromatic heterocycles.